The predicted octanol–water partition coefficient (Wildman–Crippen LogP) is 4.56. The van der Waals surface area contributed by atoms with Crippen molar-refractivity contribution < 1.29 is 9.53 Å². The summed E-state index contributed by atoms with van der Waals surface area (Å²) in [6, 6.07) is 15.9. The van der Waals surface area contributed by atoms with Crippen molar-refractivity contribution in [1.82, 2.24) is 19.9 Å². The summed E-state index contributed by atoms with van der Waals surface area (Å²) in [7, 11) is 0. The smallest absolute Gasteiger partial charge is 0.251 e. The van der Waals surface area contributed by atoms with Crippen LogP contribution in [0.15, 0.2) is 60.9 Å². The molecule has 1 aromatic carbocycles. The van der Waals surface area contributed by atoms with Crippen LogP contribution in [-0.4, -0.2) is 51.6 Å². The largest absolute Gasteiger partial charge is 0.368 e. The van der Waals surface area contributed by atoms with Crippen LogP contribution in [0.5, 0.6) is 0 Å². The Hall–Kier alpha value is -3.32. The van der Waals surface area contributed by atoms with Crippen molar-refractivity contribution in [1.29, 1.82) is 0 Å². The third-order valence-corrected chi connectivity index (χ3v) is 6.39. The highest BCUT2D eigenvalue weighted by Gasteiger charge is 2.31. The zero-order valence-electron chi connectivity index (χ0n) is 18.7. The summed E-state index contributed by atoms with van der Waals surface area (Å²) < 4.78 is 5.71. The highest BCUT2D eigenvalue weighted by atomic mass is 16.5. The monoisotopic (exact) mass is 443 g/mol. The highest BCUT2D eigenvalue weighted by molar-refractivity contribution is 5.81. The molecule has 1 unspecified atom stereocenters. The maximum Gasteiger partial charge on any atom is 0.251 e. The molecule has 1 N–H and O–H groups in total. The average molecular weight is 444 g/mol. The van der Waals surface area contributed by atoms with Gasteiger partial charge in [0.25, 0.3) is 5.91 Å². The van der Waals surface area contributed by atoms with Crippen LogP contribution in [0.25, 0.3) is 11.3 Å². The molecule has 2 fully saturated rings. The zero-order valence-corrected chi connectivity index (χ0v) is 18.7. The van der Waals surface area contributed by atoms with Crippen molar-refractivity contribution in [3.63, 3.8) is 0 Å². The molecule has 0 spiro atoms. The Morgan fingerprint density at radius 3 is 2.48 bits per heavy atom. The van der Waals surface area contributed by atoms with Gasteiger partial charge in [-0.25, -0.2) is 9.97 Å². The second-order valence-corrected chi connectivity index (χ2v) is 8.68. The van der Waals surface area contributed by atoms with Crippen LogP contribution in [-0.2, 0) is 9.53 Å². The summed E-state index contributed by atoms with van der Waals surface area (Å²) in [5.41, 5.74) is 2.86. The van der Waals surface area contributed by atoms with E-state index in [0.29, 0.717) is 19.7 Å². The lowest BCUT2D eigenvalue weighted by Gasteiger charge is -2.34. The van der Waals surface area contributed by atoms with Gasteiger partial charge < -0.3 is 15.0 Å². The predicted molar refractivity (Wildman–Crippen MR) is 127 cm³/mol. The van der Waals surface area contributed by atoms with Gasteiger partial charge in [0, 0.05) is 55.3 Å². The number of hydrogen-bond donors (Lipinski definition) is 1. The molecule has 2 aliphatic rings. The quantitative estimate of drug-likeness (QED) is 0.623. The third kappa shape index (κ3) is 5.20. The summed E-state index contributed by atoms with van der Waals surface area (Å²) in [5.74, 6) is 1.95. The summed E-state index contributed by atoms with van der Waals surface area (Å²) >= 11 is 0. The molecule has 0 saturated carbocycles. The minimum atomic E-state index is -0.261. The Balaban J connectivity index is 1.35. The van der Waals surface area contributed by atoms with Gasteiger partial charge in [-0.3, -0.25) is 9.78 Å². The molecule has 3 aromatic rings. The summed E-state index contributed by atoms with van der Waals surface area (Å²) in [4.78, 5) is 28.7. The summed E-state index contributed by atoms with van der Waals surface area (Å²) in [6.45, 7) is 2.13. The third-order valence-electron chi connectivity index (χ3n) is 6.39. The molecule has 5 rings (SSSR count). The van der Waals surface area contributed by atoms with Gasteiger partial charge in [-0.05, 0) is 56.4 Å². The Morgan fingerprint density at radius 1 is 0.970 bits per heavy atom. The number of benzene rings is 1. The first kappa shape index (κ1) is 21.5. The molecular formula is C26H29N5O2. The summed E-state index contributed by atoms with van der Waals surface area (Å²) in [6.07, 6.45) is 7.95. The van der Waals surface area contributed by atoms with Crippen molar-refractivity contribution in [2.45, 2.75) is 44.1 Å². The number of carbonyl (C=O) groups is 1. The Kier molecular flexibility index (Phi) is 6.58. The number of nitrogens with one attached hydrogen (secondary N) is 1. The van der Waals surface area contributed by atoms with Gasteiger partial charge >= 0.3 is 0 Å². The SMILES string of the molecule is O=C(C1CCCCO1)N1CCC(c2nc(Nc3ccccc3)cc(-c3ccncc3)n2)CC1. The fraction of sp³-hybridized carbons (Fsp3) is 0.385. The van der Waals surface area contributed by atoms with E-state index in [9.17, 15) is 4.79 Å². The number of pyridine rings is 1. The molecule has 1 atom stereocenters. The second-order valence-electron chi connectivity index (χ2n) is 8.68. The number of rotatable bonds is 5. The molecule has 0 bridgehead atoms. The number of anilines is 2. The molecular weight excluding hydrogens is 414 g/mol. The number of aromatic nitrogens is 3. The van der Waals surface area contributed by atoms with E-state index < -0.39 is 0 Å². The van der Waals surface area contributed by atoms with E-state index in [2.05, 4.69) is 10.3 Å². The average Bonchev–Trinajstić information content (AvgIpc) is 2.90. The molecule has 7 heteroatoms. The number of amides is 1. The van der Waals surface area contributed by atoms with Crippen LogP contribution < -0.4 is 5.32 Å². The maximum absolute atomic E-state index is 12.8. The molecule has 7 nitrogen and oxygen atoms in total. The molecule has 170 valence electrons. The van der Waals surface area contributed by atoms with E-state index in [-0.39, 0.29) is 17.9 Å². The Bertz CT molecular complexity index is 1060. The van der Waals surface area contributed by atoms with Crippen LogP contribution in [0.3, 0.4) is 0 Å². The van der Waals surface area contributed by atoms with Gasteiger partial charge in [-0.2, -0.15) is 0 Å². The first-order valence-corrected chi connectivity index (χ1v) is 11.8. The molecule has 0 radical (unpaired) electrons. The Labute approximate surface area is 194 Å². The van der Waals surface area contributed by atoms with Gasteiger partial charge in [0.1, 0.15) is 17.7 Å². The fourth-order valence-corrected chi connectivity index (χ4v) is 4.55. The standard InChI is InChI=1S/C26H29N5O2/c32-26(23-8-4-5-17-33-23)31-15-11-20(12-16-31)25-29-22(19-9-13-27-14-10-19)18-24(30-25)28-21-6-2-1-3-7-21/h1-3,6-7,9-10,13-14,18,20,23H,4-5,8,11-12,15-17H2,(H,28,29,30). The lowest BCUT2D eigenvalue weighted by atomic mass is 9.95. The first-order valence-electron chi connectivity index (χ1n) is 11.8. The number of nitrogens with zero attached hydrogens (tertiary/aromatic N) is 4. The van der Waals surface area contributed by atoms with Crippen molar-refractivity contribution in [3.05, 3.63) is 66.7 Å². The number of hydrogen-bond acceptors (Lipinski definition) is 6. The molecule has 1 amide bonds. The Morgan fingerprint density at radius 2 is 1.76 bits per heavy atom. The van der Waals surface area contributed by atoms with E-state index >= 15 is 0 Å². The lowest BCUT2D eigenvalue weighted by molar-refractivity contribution is -0.147. The number of likely N-dealkylation sites (tertiary alicyclic amines) is 1. The lowest BCUT2D eigenvalue weighted by Crippen LogP contribution is -2.45. The number of carbonyl (C=O) groups excluding carboxylic acids is 1. The highest BCUT2D eigenvalue weighted by Crippen LogP contribution is 2.30. The maximum atomic E-state index is 12.8. The van der Waals surface area contributed by atoms with Crippen LogP contribution in [0.4, 0.5) is 11.5 Å². The van der Waals surface area contributed by atoms with Crippen molar-refractivity contribution in [2.24, 2.45) is 0 Å². The molecule has 2 saturated heterocycles. The van der Waals surface area contributed by atoms with Gasteiger partial charge in [0.2, 0.25) is 0 Å². The van der Waals surface area contributed by atoms with Crippen molar-refractivity contribution >= 4 is 17.4 Å². The van der Waals surface area contributed by atoms with Crippen molar-refractivity contribution in [3.8, 4) is 11.3 Å². The van der Waals surface area contributed by atoms with E-state index in [1.54, 1.807) is 12.4 Å². The van der Waals surface area contributed by atoms with Crippen molar-refractivity contribution in [2.75, 3.05) is 25.0 Å². The van der Waals surface area contributed by atoms with E-state index in [1.165, 1.54) is 0 Å². The molecule has 4 heterocycles. The van der Waals surface area contributed by atoms with Crippen LogP contribution in [0, 0.1) is 0 Å². The van der Waals surface area contributed by atoms with Gasteiger partial charge in [-0.15, -0.1) is 0 Å². The van der Waals surface area contributed by atoms with Gasteiger partial charge in [0.05, 0.1) is 5.69 Å². The van der Waals surface area contributed by atoms with Crippen LogP contribution in [0.2, 0.25) is 0 Å². The number of para-hydroxylation sites is 1. The van der Waals surface area contributed by atoms with E-state index in [1.807, 2.05) is 53.4 Å². The normalized spacial score (nSPS) is 19.3. The topological polar surface area (TPSA) is 80.2 Å². The molecule has 2 aromatic heterocycles. The van der Waals surface area contributed by atoms with Crippen LogP contribution >= 0.6 is 0 Å². The molecule has 0 aliphatic carbocycles. The first-order chi connectivity index (χ1) is 16.3. The fourth-order valence-electron chi connectivity index (χ4n) is 4.55. The summed E-state index contributed by atoms with van der Waals surface area (Å²) in [5, 5.41) is 3.42. The minimum absolute atomic E-state index is 0.144. The van der Waals surface area contributed by atoms with E-state index in [4.69, 9.17) is 14.7 Å². The van der Waals surface area contributed by atoms with Gasteiger partial charge in [0.15, 0.2) is 0 Å². The van der Waals surface area contributed by atoms with Crippen LogP contribution in [0.1, 0.15) is 43.8 Å². The molecule has 2 aliphatic heterocycles. The number of ether oxygens (including phenoxy) is 1. The number of piperidine rings is 1. The minimum Gasteiger partial charge on any atom is -0.368 e. The zero-order chi connectivity index (χ0) is 22.5. The second kappa shape index (κ2) is 10.1. The van der Waals surface area contributed by atoms with E-state index in [0.717, 1.165) is 60.7 Å². The molecule has 33 heavy (non-hydrogen) atoms. The van der Waals surface area contributed by atoms with Gasteiger partial charge in [-0.1, -0.05) is 18.2 Å².